The number of fused-ring (bicyclic) bond motifs is 1. The first kappa shape index (κ1) is 17.2. The molecule has 1 aromatic carbocycles. The van der Waals surface area contributed by atoms with E-state index >= 15 is 0 Å². The second-order valence-corrected chi connectivity index (χ2v) is 6.04. The molecular formula is C18H25N3O2. The molecule has 2 aromatic rings. The second kappa shape index (κ2) is 7.42. The van der Waals surface area contributed by atoms with Gasteiger partial charge in [-0.1, -0.05) is 6.92 Å². The van der Waals surface area contributed by atoms with Crippen molar-refractivity contribution in [3.8, 4) is 5.75 Å². The summed E-state index contributed by atoms with van der Waals surface area (Å²) in [5.41, 5.74) is 2.25. The molecule has 1 amide bonds. The summed E-state index contributed by atoms with van der Waals surface area (Å²) in [6, 6.07) is 7.57. The first-order valence-corrected chi connectivity index (χ1v) is 7.85. The Morgan fingerprint density at radius 3 is 2.70 bits per heavy atom. The number of hydrogen-bond acceptors (Lipinski definition) is 4. The monoisotopic (exact) mass is 315 g/mol. The number of carbonyl (C=O) groups is 1. The van der Waals surface area contributed by atoms with Gasteiger partial charge in [0.2, 0.25) is 0 Å². The highest BCUT2D eigenvalue weighted by Gasteiger charge is 2.16. The summed E-state index contributed by atoms with van der Waals surface area (Å²) in [6.45, 7) is 4.79. The molecule has 0 saturated heterocycles. The molecule has 0 aliphatic heterocycles. The molecule has 5 nitrogen and oxygen atoms in total. The average molecular weight is 315 g/mol. The van der Waals surface area contributed by atoms with Crippen molar-refractivity contribution in [2.45, 2.75) is 26.3 Å². The number of hydrogen-bond donors (Lipinski definition) is 1. The van der Waals surface area contributed by atoms with Crippen LogP contribution in [0.25, 0.3) is 10.9 Å². The van der Waals surface area contributed by atoms with Gasteiger partial charge in [0.05, 0.1) is 18.2 Å². The normalized spacial score (nSPS) is 12.4. The van der Waals surface area contributed by atoms with Crippen LogP contribution in [-0.2, 0) is 0 Å². The van der Waals surface area contributed by atoms with Gasteiger partial charge in [-0.3, -0.25) is 9.78 Å². The van der Waals surface area contributed by atoms with Crippen LogP contribution in [0.15, 0.2) is 24.3 Å². The van der Waals surface area contributed by atoms with Crippen molar-refractivity contribution in [3.05, 3.63) is 35.5 Å². The lowest BCUT2D eigenvalue weighted by atomic mass is 10.1. The largest absolute Gasteiger partial charge is 0.497 e. The van der Waals surface area contributed by atoms with Gasteiger partial charge >= 0.3 is 0 Å². The standard InChI is InChI=1S/C18H25N3O2/c1-6-13(11-21(3)4)20-18(22)16-9-12(2)19-17-10-14(23-5)7-8-15(16)17/h7-10,13H,6,11H2,1-5H3,(H,20,22)/t13-/m0/s1. The van der Waals surface area contributed by atoms with Gasteiger partial charge in [0.1, 0.15) is 5.75 Å². The van der Waals surface area contributed by atoms with Crippen molar-refractivity contribution in [1.82, 2.24) is 15.2 Å². The van der Waals surface area contributed by atoms with Gasteiger partial charge in [-0.05, 0) is 45.6 Å². The van der Waals surface area contributed by atoms with Gasteiger partial charge in [0, 0.05) is 29.7 Å². The number of methoxy groups -OCH3 is 1. The number of carbonyl (C=O) groups excluding carboxylic acids is 1. The van der Waals surface area contributed by atoms with Crippen LogP contribution in [0.1, 0.15) is 29.4 Å². The molecule has 0 saturated carbocycles. The van der Waals surface area contributed by atoms with Gasteiger partial charge in [-0.2, -0.15) is 0 Å². The molecule has 1 N–H and O–H groups in total. The van der Waals surface area contributed by atoms with Crippen LogP contribution >= 0.6 is 0 Å². The lowest BCUT2D eigenvalue weighted by Crippen LogP contribution is -2.41. The summed E-state index contributed by atoms with van der Waals surface area (Å²) < 4.78 is 5.24. The highest BCUT2D eigenvalue weighted by atomic mass is 16.5. The molecule has 0 aliphatic rings. The maximum Gasteiger partial charge on any atom is 0.252 e. The van der Waals surface area contributed by atoms with E-state index in [0.717, 1.165) is 35.3 Å². The highest BCUT2D eigenvalue weighted by Crippen LogP contribution is 2.23. The van der Waals surface area contributed by atoms with Crippen molar-refractivity contribution in [3.63, 3.8) is 0 Å². The number of ether oxygens (including phenoxy) is 1. The van der Waals surface area contributed by atoms with Gasteiger partial charge in [-0.15, -0.1) is 0 Å². The number of aryl methyl sites for hydroxylation is 1. The minimum absolute atomic E-state index is 0.0561. The van der Waals surface area contributed by atoms with Crippen LogP contribution in [0.2, 0.25) is 0 Å². The Labute approximate surface area is 137 Å². The number of nitrogens with one attached hydrogen (secondary N) is 1. The summed E-state index contributed by atoms with van der Waals surface area (Å²) in [5.74, 6) is 0.681. The van der Waals surface area contributed by atoms with E-state index < -0.39 is 0 Å². The number of nitrogens with zero attached hydrogens (tertiary/aromatic N) is 2. The average Bonchev–Trinajstić information content (AvgIpc) is 2.52. The Morgan fingerprint density at radius 1 is 1.35 bits per heavy atom. The molecule has 2 rings (SSSR count). The third kappa shape index (κ3) is 4.20. The van der Waals surface area contributed by atoms with E-state index in [1.165, 1.54) is 0 Å². The Bertz CT molecular complexity index is 698. The summed E-state index contributed by atoms with van der Waals surface area (Å²) in [6.07, 6.45) is 0.889. The fraction of sp³-hybridized carbons (Fsp3) is 0.444. The number of likely N-dealkylation sites (N-methyl/N-ethyl adjacent to an activating group) is 1. The van der Waals surface area contributed by atoms with Crippen molar-refractivity contribution in [1.29, 1.82) is 0 Å². The molecule has 0 fully saturated rings. The topological polar surface area (TPSA) is 54.5 Å². The van der Waals surface area contributed by atoms with E-state index in [1.54, 1.807) is 7.11 Å². The van der Waals surface area contributed by atoms with Crippen LogP contribution < -0.4 is 10.1 Å². The molecule has 0 radical (unpaired) electrons. The first-order chi connectivity index (χ1) is 10.9. The zero-order chi connectivity index (χ0) is 17.0. The van der Waals surface area contributed by atoms with Crippen molar-refractivity contribution < 1.29 is 9.53 Å². The second-order valence-electron chi connectivity index (χ2n) is 6.04. The van der Waals surface area contributed by atoms with Crippen molar-refractivity contribution >= 4 is 16.8 Å². The van der Waals surface area contributed by atoms with E-state index in [-0.39, 0.29) is 11.9 Å². The zero-order valence-corrected chi connectivity index (χ0v) is 14.5. The Morgan fingerprint density at radius 2 is 2.09 bits per heavy atom. The van der Waals surface area contributed by atoms with E-state index in [4.69, 9.17) is 4.74 Å². The van der Waals surface area contributed by atoms with E-state index in [1.807, 2.05) is 45.3 Å². The Kier molecular flexibility index (Phi) is 5.55. The van der Waals surface area contributed by atoms with Crippen molar-refractivity contribution in [2.24, 2.45) is 0 Å². The molecule has 0 bridgehead atoms. The van der Waals surface area contributed by atoms with E-state index in [0.29, 0.717) is 5.56 Å². The first-order valence-electron chi connectivity index (χ1n) is 7.85. The minimum Gasteiger partial charge on any atom is -0.497 e. The molecule has 5 heteroatoms. The van der Waals surface area contributed by atoms with Gasteiger partial charge in [0.15, 0.2) is 0 Å². The molecule has 23 heavy (non-hydrogen) atoms. The van der Waals surface area contributed by atoms with E-state index in [9.17, 15) is 4.79 Å². The van der Waals surface area contributed by atoms with Crippen LogP contribution in [-0.4, -0.2) is 49.6 Å². The maximum atomic E-state index is 12.7. The fourth-order valence-corrected chi connectivity index (χ4v) is 2.64. The summed E-state index contributed by atoms with van der Waals surface area (Å²) in [4.78, 5) is 19.3. The number of aromatic nitrogens is 1. The lowest BCUT2D eigenvalue weighted by molar-refractivity contribution is 0.0930. The number of rotatable bonds is 6. The van der Waals surface area contributed by atoms with Gasteiger partial charge in [-0.25, -0.2) is 0 Å². The summed E-state index contributed by atoms with van der Waals surface area (Å²) in [7, 11) is 5.64. The minimum atomic E-state index is -0.0561. The molecule has 0 unspecified atom stereocenters. The SMILES string of the molecule is CC[C@@H](CN(C)C)NC(=O)c1cc(C)nc2cc(OC)ccc12. The summed E-state index contributed by atoms with van der Waals surface area (Å²) >= 11 is 0. The highest BCUT2D eigenvalue weighted by molar-refractivity contribution is 6.06. The maximum absolute atomic E-state index is 12.7. The van der Waals surface area contributed by atoms with E-state index in [2.05, 4.69) is 22.1 Å². The third-order valence-electron chi connectivity index (χ3n) is 3.80. The Hall–Kier alpha value is -2.14. The number of amides is 1. The predicted octanol–water partition coefficient (Wildman–Crippen LogP) is 2.62. The smallest absolute Gasteiger partial charge is 0.252 e. The van der Waals surface area contributed by atoms with Crippen LogP contribution in [0.4, 0.5) is 0 Å². The zero-order valence-electron chi connectivity index (χ0n) is 14.5. The molecule has 1 heterocycles. The van der Waals surface area contributed by atoms with Crippen LogP contribution in [0, 0.1) is 6.92 Å². The van der Waals surface area contributed by atoms with Gasteiger partial charge < -0.3 is 15.0 Å². The quantitative estimate of drug-likeness (QED) is 0.890. The van der Waals surface area contributed by atoms with Crippen molar-refractivity contribution in [2.75, 3.05) is 27.7 Å². The lowest BCUT2D eigenvalue weighted by Gasteiger charge is -2.21. The molecular weight excluding hydrogens is 290 g/mol. The molecule has 1 atom stereocenters. The fourth-order valence-electron chi connectivity index (χ4n) is 2.64. The third-order valence-corrected chi connectivity index (χ3v) is 3.80. The van der Waals surface area contributed by atoms with Crippen LogP contribution in [0.3, 0.4) is 0 Å². The molecule has 0 spiro atoms. The molecule has 1 aromatic heterocycles. The number of benzene rings is 1. The number of pyridine rings is 1. The Balaban J connectivity index is 2.36. The molecule has 0 aliphatic carbocycles. The van der Waals surface area contributed by atoms with Gasteiger partial charge in [0.25, 0.3) is 5.91 Å². The summed E-state index contributed by atoms with van der Waals surface area (Å²) in [5, 5.41) is 3.96. The molecule has 124 valence electrons. The van der Waals surface area contributed by atoms with Crippen LogP contribution in [0.5, 0.6) is 5.75 Å². The predicted molar refractivity (Wildman–Crippen MR) is 93.1 cm³/mol.